The van der Waals surface area contributed by atoms with Gasteiger partial charge in [0.25, 0.3) is 0 Å². The predicted molar refractivity (Wildman–Crippen MR) is 203 cm³/mol. The van der Waals surface area contributed by atoms with Crippen LogP contribution in [0.2, 0.25) is 0 Å². The van der Waals surface area contributed by atoms with Crippen LogP contribution >= 0.6 is 0 Å². The fourth-order valence-electron chi connectivity index (χ4n) is 13.7. The monoisotopic (exact) mass is 772 g/mol. The molecule has 310 valence electrons. The van der Waals surface area contributed by atoms with Gasteiger partial charge in [0.2, 0.25) is 0 Å². The van der Waals surface area contributed by atoms with Crippen molar-refractivity contribution < 1.29 is 52.7 Å². The SMILES string of the molecule is CC(=O)OC[C@H]1O[C@@H](O[C@H]2CC[C@]3(C)[C@H]4CC[C@@H]5C6=C(C(C)C)CC[C@]6(CO)CC[C@@]5(C)[C@]4(C)CC[C@H]3C2(C)C)[C@H](OC(C)=O)[C@@H](OC(C)=O)[C@@H]1OC(C)=O. The molecule has 11 nitrogen and oxygen atoms in total. The summed E-state index contributed by atoms with van der Waals surface area (Å²) in [6.07, 6.45) is 4.36. The van der Waals surface area contributed by atoms with Gasteiger partial charge in [-0.1, -0.05) is 59.6 Å². The van der Waals surface area contributed by atoms with Crippen LogP contribution < -0.4 is 0 Å². The zero-order valence-electron chi connectivity index (χ0n) is 35.3. The fourth-order valence-corrected chi connectivity index (χ4v) is 13.7. The Morgan fingerprint density at radius 1 is 0.727 bits per heavy atom. The Labute approximate surface area is 328 Å². The Morgan fingerprint density at radius 3 is 1.96 bits per heavy atom. The van der Waals surface area contributed by atoms with Gasteiger partial charge in [0.05, 0.1) is 12.7 Å². The van der Waals surface area contributed by atoms with Gasteiger partial charge in [-0.15, -0.1) is 0 Å². The first-order valence-electron chi connectivity index (χ1n) is 21.0. The van der Waals surface area contributed by atoms with Gasteiger partial charge >= 0.3 is 23.9 Å². The van der Waals surface area contributed by atoms with Gasteiger partial charge < -0.3 is 33.5 Å². The number of aliphatic hydroxyl groups excluding tert-OH is 1. The lowest BCUT2D eigenvalue weighted by Crippen LogP contribution is -2.67. The van der Waals surface area contributed by atoms with Gasteiger partial charge in [0.1, 0.15) is 12.7 Å². The van der Waals surface area contributed by atoms with Crippen molar-refractivity contribution in [2.75, 3.05) is 13.2 Å². The van der Waals surface area contributed by atoms with Crippen molar-refractivity contribution in [3.8, 4) is 0 Å². The number of carbonyl (C=O) groups excluding carboxylic acids is 4. The van der Waals surface area contributed by atoms with Crippen molar-refractivity contribution >= 4 is 23.9 Å². The van der Waals surface area contributed by atoms with Gasteiger partial charge in [-0.05, 0) is 110 Å². The number of carbonyl (C=O) groups is 4. The third-order valence-corrected chi connectivity index (χ3v) is 16.3. The zero-order valence-corrected chi connectivity index (χ0v) is 35.3. The van der Waals surface area contributed by atoms with E-state index >= 15 is 0 Å². The van der Waals surface area contributed by atoms with Crippen LogP contribution in [0.3, 0.4) is 0 Å². The predicted octanol–water partition coefficient (Wildman–Crippen LogP) is 7.25. The average molecular weight is 773 g/mol. The molecule has 5 fully saturated rings. The molecule has 0 aromatic rings. The minimum absolute atomic E-state index is 0.0412. The standard InChI is InChI=1S/C44H68O11/c1-24(2)29-14-19-44(23-45)21-20-42(10)30(35(29)44)12-13-33-41(9)17-16-34(40(7,8)32(41)15-18-43(33,42)11)55-39-38(53-28(6)49)37(52-27(5)48)36(51-26(4)47)31(54-39)22-50-25(3)46/h24,30-34,36-39,45H,12-23H2,1-11H3/t30-,31-,32+,33-,34+,36-,37+,38-,39+,41+,42-,43-,44-/m1/s1. The van der Waals surface area contributed by atoms with Crippen LogP contribution in [0.4, 0.5) is 0 Å². The third-order valence-electron chi connectivity index (χ3n) is 16.3. The van der Waals surface area contributed by atoms with E-state index in [1.165, 1.54) is 34.1 Å². The van der Waals surface area contributed by atoms with Crippen LogP contribution in [0, 0.1) is 50.7 Å². The van der Waals surface area contributed by atoms with E-state index in [-0.39, 0.29) is 46.4 Å². The molecule has 1 N–H and O–H groups in total. The fraction of sp³-hybridized carbons (Fsp3) is 0.864. The highest BCUT2D eigenvalue weighted by Crippen LogP contribution is 2.77. The molecule has 0 aromatic heterocycles. The smallest absolute Gasteiger partial charge is 0.303 e. The summed E-state index contributed by atoms with van der Waals surface area (Å²) in [4.78, 5) is 49.1. The molecule has 0 unspecified atom stereocenters. The highest BCUT2D eigenvalue weighted by molar-refractivity contribution is 5.68. The molecular weight excluding hydrogens is 704 g/mol. The first-order chi connectivity index (χ1) is 25.6. The Balaban J connectivity index is 1.29. The van der Waals surface area contributed by atoms with E-state index in [0.717, 1.165) is 57.8 Å². The number of ether oxygens (including phenoxy) is 6. The van der Waals surface area contributed by atoms with E-state index in [1.54, 1.807) is 11.1 Å². The second-order valence-electron chi connectivity index (χ2n) is 19.7. The lowest BCUT2D eigenvalue weighted by Gasteiger charge is -2.72. The van der Waals surface area contributed by atoms with E-state index in [1.807, 2.05) is 0 Å². The van der Waals surface area contributed by atoms with Crippen LogP contribution in [0.5, 0.6) is 0 Å². The molecule has 0 aromatic carbocycles. The summed E-state index contributed by atoms with van der Waals surface area (Å²) in [5.41, 5.74) is 3.24. The number of fused-ring (bicyclic) bond motifs is 7. The summed E-state index contributed by atoms with van der Waals surface area (Å²) in [6.45, 7) is 21.9. The summed E-state index contributed by atoms with van der Waals surface area (Å²) in [6, 6.07) is 0. The van der Waals surface area contributed by atoms with Gasteiger partial charge in [-0.2, -0.15) is 0 Å². The van der Waals surface area contributed by atoms with Crippen LogP contribution in [0.15, 0.2) is 11.1 Å². The molecule has 0 bridgehead atoms. The number of hydrogen-bond donors (Lipinski definition) is 1. The lowest BCUT2D eigenvalue weighted by molar-refractivity contribution is -0.334. The Bertz CT molecular complexity index is 1550. The highest BCUT2D eigenvalue weighted by atomic mass is 16.7. The van der Waals surface area contributed by atoms with E-state index in [9.17, 15) is 24.3 Å². The molecule has 11 heteroatoms. The quantitative estimate of drug-likeness (QED) is 0.110. The van der Waals surface area contributed by atoms with Crippen molar-refractivity contribution in [3.05, 3.63) is 11.1 Å². The zero-order chi connectivity index (χ0) is 40.5. The summed E-state index contributed by atoms with van der Waals surface area (Å²) < 4.78 is 35.7. The summed E-state index contributed by atoms with van der Waals surface area (Å²) in [7, 11) is 0. The molecule has 4 saturated carbocycles. The van der Waals surface area contributed by atoms with Gasteiger partial charge in [-0.25, -0.2) is 0 Å². The number of rotatable bonds is 9. The van der Waals surface area contributed by atoms with E-state index < -0.39 is 54.6 Å². The van der Waals surface area contributed by atoms with Crippen molar-refractivity contribution in [1.29, 1.82) is 0 Å². The van der Waals surface area contributed by atoms with Crippen molar-refractivity contribution in [1.82, 2.24) is 0 Å². The van der Waals surface area contributed by atoms with Crippen LogP contribution in [0.25, 0.3) is 0 Å². The summed E-state index contributed by atoms with van der Waals surface area (Å²) >= 11 is 0. The number of hydrogen-bond acceptors (Lipinski definition) is 11. The van der Waals surface area contributed by atoms with Gasteiger partial charge in [0, 0.05) is 33.1 Å². The molecule has 1 heterocycles. The van der Waals surface area contributed by atoms with E-state index in [2.05, 4.69) is 48.5 Å². The van der Waals surface area contributed by atoms with Gasteiger partial charge in [-0.3, -0.25) is 19.2 Å². The molecule has 1 saturated heterocycles. The molecule has 0 amide bonds. The number of esters is 4. The Hall–Kier alpha value is -2.50. The highest BCUT2D eigenvalue weighted by Gasteiger charge is 2.70. The topological polar surface area (TPSA) is 144 Å². The third kappa shape index (κ3) is 6.98. The number of aliphatic hydroxyl groups is 1. The number of allylic oxidation sites excluding steroid dienone is 1. The molecule has 6 aliphatic rings. The normalized spacial score (nSPS) is 43.3. The van der Waals surface area contributed by atoms with Crippen molar-refractivity contribution in [2.45, 2.75) is 177 Å². The van der Waals surface area contributed by atoms with Gasteiger partial charge in [0.15, 0.2) is 24.6 Å². The Morgan fingerprint density at radius 2 is 1.36 bits per heavy atom. The maximum Gasteiger partial charge on any atom is 0.303 e. The first kappa shape index (κ1) is 42.1. The average Bonchev–Trinajstić information content (AvgIpc) is 3.48. The van der Waals surface area contributed by atoms with Crippen molar-refractivity contribution in [2.24, 2.45) is 50.7 Å². The molecule has 6 rings (SSSR count). The second-order valence-corrected chi connectivity index (χ2v) is 19.7. The molecule has 5 aliphatic carbocycles. The molecule has 0 spiro atoms. The van der Waals surface area contributed by atoms with E-state index in [4.69, 9.17) is 28.4 Å². The second kappa shape index (κ2) is 15.0. The van der Waals surface area contributed by atoms with Crippen LogP contribution in [-0.4, -0.2) is 79.0 Å². The minimum Gasteiger partial charge on any atom is -0.463 e. The lowest BCUT2D eigenvalue weighted by atomic mass is 9.33. The summed E-state index contributed by atoms with van der Waals surface area (Å²) in [5.74, 6) is -0.669. The Kier molecular flexibility index (Phi) is 11.5. The molecule has 55 heavy (non-hydrogen) atoms. The maximum atomic E-state index is 12.5. The van der Waals surface area contributed by atoms with Crippen LogP contribution in [-0.2, 0) is 47.6 Å². The minimum atomic E-state index is -1.26. The van der Waals surface area contributed by atoms with Crippen LogP contribution in [0.1, 0.15) is 140 Å². The first-order valence-corrected chi connectivity index (χ1v) is 21.0. The largest absolute Gasteiger partial charge is 0.463 e. The molecule has 1 aliphatic heterocycles. The molecular formula is C44H68O11. The molecule has 13 atom stereocenters. The summed E-state index contributed by atoms with van der Waals surface area (Å²) in [5, 5.41) is 10.9. The molecule has 0 radical (unpaired) electrons. The maximum absolute atomic E-state index is 12.5. The van der Waals surface area contributed by atoms with Crippen molar-refractivity contribution in [3.63, 3.8) is 0 Å². The van der Waals surface area contributed by atoms with E-state index in [0.29, 0.717) is 23.7 Å².